The maximum Gasteiger partial charge on any atom is 0.326 e. The van der Waals surface area contributed by atoms with Crippen molar-refractivity contribution in [2.24, 2.45) is 0 Å². The lowest BCUT2D eigenvalue weighted by Gasteiger charge is -2.16. The summed E-state index contributed by atoms with van der Waals surface area (Å²) in [6.45, 7) is 0. The number of hydrogen-bond donors (Lipinski definition) is 2. The van der Waals surface area contributed by atoms with Gasteiger partial charge in [0.2, 0.25) is 0 Å². The molecule has 0 bridgehead atoms. The summed E-state index contributed by atoms with van der Waals surface area (Å²) >= 11 is 9.36. The Morgan fingerprint density at radius 2 is 1.77 bits per heavy atom. The maximum absolute atomic E-state index is 12.5. The molecule has 0 aliphatic heterocycles. The van der Waals surface area contributed by atoms with E-state index in [2.05, 4.69) is 21.2 Å². The summed E-state index contributed by atoms with van der Waals surface area (Å²) in [6.07, 6.45) is 0.121. The molecule has 0 saturated heterocycles. The van der Waals surface area contributed by atoms with Gasteiger partial charge >= 0.3 is 5.97 Å². The minimum absolute atomic E-state index is 0.121. The average molecular weight is 433 g/mol. The van der Waals surface area contributed by atoms with Crippen LogP contribution >= 0.6 is 27.5 Å². The highest BCUT2D eigenvalue weighted by Gasteiger charge is 2.22. The van der Waals surface area contributed by atoms with E-state index in [-0.39, 0.29) is 6.42 Å². The van der Waals surface area contributed by atoms with Crippen LogP contribution in [0.4, 0.5) is 0 Å². The fraction of sp³-hybridized carbons (Fsp3) is 0.100. The minimum Gasteiger partial charge on any atom is -0.480 e. The van der Waals surface area contributed by atoms with Crippen molar-refractivity contribution < 1.29 is 14.7 Å². The molecule has 0 spiro atoms. The molecular formula is C20H15BrClNO3. The number of nitrogens with one attached hydrogen (secondary N) is 1. The highest BCUT2D eigenvalue weighted by Crippen LogP contribution is 2.23. The van der Waals surface area contributed by atoms with Gasteiger partial charge in [0.1, 0.15) is 6.04 Å². The second-order valence-electron chi connectivity index (χ2n) is 5.87. The van der Waals surface area contributed by atoms with Crippen LogP contribution in [0.2, 0.25) is 5.02 Å². The largest absolute Gasteiger partial charge is 0.480 e. The number of hydrogen-bond acceptors (Lipinski definition) is 2. The van der Waals surface area contributed by atoms with Crippen molar-refractivity contribution >= 4 is 50.2 Å². The Hall–Kier alpha value is -2.37. The Labute approximate surface area is 163 Å². The van der Waals surface area contributed by atoms with Crippen molar-refractivity contribution in [2.45, 2.75) is 12.5 Å². The van der Waals surface area contributed by atoms with Gasteiger partial charge in [0.25, 0.3) is 5.91 Å². The SMILES string of the molecule is O=C(N[C@@H](Cc1cc(Cl)ccc1Br)C(=O)O)c1ccc2ccccc2c1. The third-order valence-electron chi connectivity index (χ3n) is 4.05. The van der Waals surface area contributed by atoms with Gasteiger partial charge in [-0.15, -0.1) is 0 Å². The quantitative estimate of drug-likeness (QED) is 0.615. The summed E-state index contributed by atoms with van der Waals surface area (Å²) in [5.41, 5.74) is 1.13. The summed E-state index contributed by atoms with van der Waals surface area (Å²) in [5.74, 6) is -1.53. The lowest BCUT2D eigenvalue weighted by Crippen LogP contribution is -2.42. The van der Waals surface area contributed by atoms with Crippen LogP contribution in [-0.2, 0) is 11.2 Å². The van der Waals surface area contributed by atoms with E-state index in [1.54, 1.807) is 30.3 Å². The summed E-state index contributed by atoms with van der Waals surface area (Å²) in [5, 5.41) is 14.5. The molecule has 26 heavy (non-hydrogen) atoms. The number of benzene rings is 3. The molecule has 0 fully saturated rings. The number of carboxylic acids is 1. The highest BCUT2D eigenvalue weighted by atomic mass is 79.9. The van der Waals surface area contributed by atoms with Crippen LogP contribution in [0, 0.1) is 0 Å². The molecule has 1 atom stereocenters. The van der Waals surface area contributed by atoms with E-state index in [1.165, 1.54) is 0 Å². The lowest BCUT2D eigenvalue weighted by atomic mass is 10.0. The first-order valence-electron chi connectivity index (χ1n) is 7.90. The minimum atomic E-state index is -1.11. The third-order valence-corrected chi connectivity index (χ3v) is 5.06. The molecule has 4 nitrogen and oxygen atoms in total. The average Bonchev–Trinajstić information content (AvgIpc) is 2.63. The molecule has 0 saturated carbocycles. The van der Waals surface area contributed by atoms with Gasteiger partial charge in [0.15, 0.2) is 0 Å². The van der Waals surface area contributed by atoms with Crippen LogP contribution in [-0.4, -0.2) is 23.0 Å². The second kappa shape index (κ2) is 7.89. The molecule has 0 heterocycles. The van der Waals surface area contributed by atoms with Crippen molar-refractivity contribution in [3.8, 4) is 0 Å². The monoisotopic (exact) mass is 431 g/mol. The first-order valence-corrected chi connectivity index (χ1v) is 9.07. The predicted molar refractivity (Wildman–Crippen MR) is 106 cm³/mol. The van der Waals surface area contributed by atoms with Crippen LogP contribution in [0.3, 0.4) is 0 Å². The van der Waals surface area contributed by atoms with E-state index in [1.807, 2.05) is 30.3 Å². The Morgan fingerprint density at radius 3 is 2.50 bits per heavy atom. The molecule has 6 heteroatoms. The molecule has 0 aliphatic carbocycles. The fourth-order valence-corrected chi connectivity index (χ4v) is 3.30. The number of halogens is 2. The first kappa shape index (κ1) is 18.4. The fourth-order valence-electron chi connectivity index (χ4n) is 2.69. The second-order valence-corrected chi connectivity index (χ2v) is 7.16. The summed E-state index contributed by atoms with van der Waals surface area (Å²) in [6, 6.07) is 17.0. The zero-order valence-electron chi connectivity index (χ0n) is 13.6. The topological polar surface area (TPSA) is 66.4 Å². The molecular weight excluding hydrogens is 418 g/mol. The molecule has 3 rings (SSSR count). The molecule has 1 amide bonds. The molecule has 0 unspecified atom stereocenters. The molecule has 0 aromatic heterocycles. The zero-order chi connectivity index (χ0) is 18.7. The molecule has 0 aliphatic rings. The number of carbonyl (C=O) groups excluding carboxylic acids is 1. The van der Waals surface area contributed by atoms with Crippen LogP contribution in [0.1, 0.15) is 15.9 Å². The Balaban J connectivity index is 1.81. The van der Waals surface area contributed by atoms with Gasteiger partial charge in [0.05, 0.1) is 0 Å². The van der Waals surface area contributed by atoms with Crippen molar-refractivity contribution in [3.63, 3.8) is 0 Å². The Morgan fingerprint density at radius 1 is 1.04 bits per heavy atom. The van der Waals surface area contributed by atoms with Gasteiger partial charge < -0.3 is 10.4 Å². The Bertz CT molecular complexity index is 990. The van der Waals surface area contributed by atoms with Crippen molar-refractivity contribution in [2.75, 3.05) is 0 Å². The first-order chi connectivity index (χ1) is 12.4. The van der Waals surface area contributed by atoms with E-state index in [4.69, 9.17) is 11.6 Å². The number of amides is 1. The maximum atomic E-state index is 12.5. The van der Waals surface area contributed by atoms with Gasteiger partial charge in [-0.25, -0.2) is 4.79 Å². The zero-order valence-corrected chi connectivity index (χ0v) is 15.9. The summed E-state index contributed by atoms with van der Waals surface area (Å²) < 4.78 is 0.744. The number of aliphatic carboxylic acids is 1. The normalized spacial score (nSPS) is 11.9. The molecule has 132 valence electrons. The summed E-state index contributed by atoms with van der Waals surface area (Å²) in [4.78, 5) is 24.1. The number of fused-ring (bicyclic) bond motifs is 1. The lowest BCUT2D eigenvalue weighted by molar-refractivity contribution is -0.139. The van der Waals surface area contributed by atoms with Crippen LogP contribution in [0.25, 0.3) is 10.8 Å². The third kappa shape index (κ3) is 4.23. The van der Waals surface area contributed by atoms with Crippen LogP contribution < -0.4 is 5.32 Å². The van der Waals surface area contributed by atoms with Gasteiger partial charge in [-0.2, -0.15) is 0 Å². The van der Waals surface area contributed by atoms with Gasteiger partial charge in [0, 0.05) is 21.5 Å². The van der Waals surface area contributed by atoms with Crippen molar-refractivity contribution in [1.29, 1.82) is 0 Å². The molecule has 3 aromatic carbocycles. The number of carboxylic acid groups (broad SMARTS) is 1. The highest BCUT2D eigenvalue weighted by molar-refractivity contribution is 9.10. The van der Waals surface area contributed by atoms with Gasteiger partial charge in [-0.3, -0.25) is 4.79 Å². The van der Waals surface area contributed by atoms with Gasteiger partial charge in [-0.05, 0) is 46.7 Å². The molecule has 3 aromatic rings. The summed E-state index contributed by atoms with van der Waals surface area (Å²) in [7, 11) is 0. The number of rotatable bonds is 5. The van der Waals surface area contributed by atoms with Gasteiger partial charge in [-0.1, -0.05) is 57.9 Å². The van der Waals surface area contributed by atoms with Crippen LogP contribution in [0.5, 0.6) is 0 Å². The van der Waals surface area contributed by atoms with Crippen molar-refractivity contribution in [3.05, 3.63) is 81.3 Å². The number of carbonyl (C=O) groups is 2. The van der Waals surface area contributed by atoms with E-state index in [9.17, 15) is 14.7 Å². The Kier molecular flexibility index (Phi) is 5.59. The standard InChI is InChI=1S/C20H15BrClNO3/c21-17-8-7-16(22)10-15(17)11-18(20(25)26)23-19(24)14-6-5-12-3-1-2-4-13(12)9-14/h1-10,18H,11H2,(H,23,24)(H,25,26)/t18-/m0/s1. The van der Waals surface area contributed by atoms with Crippen molar-refractivity contribution in [1.82, 2.24) is 5.32 Å². The van der Waals surface area contributed by atoms with Crippen LogP contribution in [0.15, 0.2) is 65.1 Å². The molecule has 0 radical (unpaired) electrons. The smallest absolute Gasteiger partial charge is 0.326 e. The van der Waals surface area contributed by atoms with E-state index in [0.29, 0.717) is 16.1 Å². The molecule has 2 N–H and O–H groups in total. The van der Waals surface area contributed by atoms with E-state index < -0.39 is 17.9 Å². The predicted octanol–water partition coefficient (Wildman–Crippen LogP) is 4.68. The van der Waals surface area contributed by atoms with E-state index in [0.717, 1.165) is 15.2 Å². The van der Waals surface area contributed by atoms with E-state index >= 15 is 0 Å².